The largest absolute Gasteiger partial charge is 0.307 e. The van der Waals surface area contributed by atoms with E-state index in [1.165, 1.54) is 6.07 Å². The van der Waals surface area contributed by atoms with E-state index in [1.807, 2.05) is 16.8 Å². The summed E-state index contributed by atoms with van der Waals surface area (Å²) in [4.78, 5) is 0. The van der Waals surface area contributed by atoms with Crippen molar-refractivity contribution in [2.45, 2.75) is 33.0 Å². The number of nitrogens with one attached hydrogen (secondary N) is 1. The lowest BCUT2D eigenvalue weighted by Gasteiger charge is -2.08. The van der Waals surface area contributed by atoms with E-state index in [2.05, 4.69) is 17.3 Å². The molecule has 3 nitrogen and oxygen atoms in total. The number of rotatable bonds is 6. The monoisotopic (exact) mass is 247 g/mol. The van der Waals surface area contributed by atoms with Crippen LogP contribution in [-0.4, -0.2) is 9.78 Å². The van der Waals surface area contributed by atoms with E-state index >= 15 is 0 Å². The Labute approximate surface area is 107 Å². The highest BCUT2D eigenvalue weighted by Crippen LogP contribution is 2.06. The Bertz CT molecular complexity index is 493. The molecule has 1 heterocycles. The van der Waals surface area contributed by atoms with Gasteiger partial charge in [-0.3, -0.25) is 4.68 Å². The zero-order valence-corrected chi connectivity index (χ0v) is 10.6. The fraction of sp³-hybridized carbons (Fsp3) is 0.357. The Morgan fingerprint density at radius 2 is 2.06 bits per heavy atom. The Morgan fingerprint density at radius 1 is 1.22 bits per heavy atom. The molecule has 0 aliphatic carbocycles. The van der Waals surface area contributed by atoms with Crippen LogP contribution in [0, 0.1) is 5.82 Å². The van der Waals surface area contributed by atoms with Crippen LogP contribution in [0.2, 0.25) is 0 Å². The highest BCUT2D eigenvalue weighted by molar-refractivity contribution is 5.17. The molecule has 0 saturated heterocycles. The minimum atomic E-state index is -0.160. The van der Waals surface area contributed by atoms with E-state index in [-0.39, 0.29) is 5.82 Å². The van der Waals surface area contributed by atoms with Crippen LogP contribution in [-0.2, 0) is 19.6 Å². The maximum atomic E-state index is 13.4. The third-order valence-corrected chi connectivity index (χ3v) is 2.82. The van der Waals surface area contributed by atoms with Gasteiger partial charge in [0.25, 0.3) is 0 Å². The second-order valence-electron chi connectivity index (χ2n) is 4.24. The Morgan fingerprint density at radius 3 is 2.83 bits per heavy atom. The predicted octanol–water partition coefficient (Wildman–Crippen LogP) is 2.72. The molecule has 0 atom stereocenters. The molecule has 0 radical (unpaired) electrons. The molecular formula is C14H18FN3. The van der Waals surface area contributed by atoms with Crippen LogP contribution in [0.5, 0.6) is 0 Å². The molecule has 0 fully saturated rings. The average Bonchev–Trinajstić information content (AvgIpc) is 2.80. The van der Waals surface area contributed by atoms with E-state index in [9.17, 15) is 4.39 Å². The molecule has 0 aliphatic rings. The van der Waals surface area contributed by atoms with Crippen LogP contribution in [0.4, 0.5) is 4.39 Å². The molecular weight excluding hydrogens is 229 g/mol. The Balaban J connectivity index is 1.88. The summed E-state index contributed by atoms with van der Waals surface area (Å²) in [7, 11) is 0. The van der Waals surface area contributed by atoms with Crippen LogP contribution in [0.25, 0.3) is 0 Å². The van der Waals surface area contributed by atoms with Gasteiger partial charge in [0.1, 0.15) is 5.82 Å². The molecule has 2 aromatic rings. The second kappa shape index (κ2) is 6.31. The van der Waals surface area contributed by atoms with Gasteiger partial charge in [-0.15, -0.1) is 0 Å². The summed E-state index contributed by atoms with van der Waals surface area (Å²) in [5, 5.41) is 7.49. The highest BCUT2D eigenvalue weighted by atomic mass is 19.1. The van der Waals surface area contributed by atoms with Gasteiger partial charge in [-0.25, -0.2) is 4.39 Å². The topological polar surface area (TPSA) is 29.9 Å². The summed E-state index contributed by atoms with van der Waals surface area (Å²) >= 11 is 0. The van der Waals surface area contributed by atoms with Crippen LogP contribution in [0.3, 0.4) is 0 Å². The number of benzene rings is 1. The van der Waals surface area contributed by atoms with Crippen molar-refractivity contribution in [1.29, 1.82) is 0 Å². The zero-order chi connectivity index (χ0) is 12.8. The van der Waals surface area contributed by atoms with Crippen LogP contribution in [0.1, 0.15) is 24.6 Å². The van der Waals surface area contributed by atoms with Crippen molar-refractivity contribution < 1.29 is 4.39 Å². The smallest absolute Gasteiger partial charge is 0.127 e. The first kappa shape index (κ1) is 12.8. The van der Waals surface area contributed by atoms with Crippen molar-refractivity contribution in [2.75, 3.05) is 0 Å². The number of aryl methyl sites for hydroxylation is 1. The SMILES string of the molecule is CCCn1nccc1CNCc1ccccc1F. The first-order valence-corrected chi connectivity index (χ1v) is 6.26. The lowest BCUT2D eigenvalue weighted by Crippen LogP contribution is -2.17. The second-order valence-corrected chi connectivity index (χ2v) is 4.24. The quantitative estimate of drug-likeness (QED) is 0.850. The van der Waals surface area contributed by atoms with Crippen molar-refractivity contribution >= 4 is 0 Å². The van der Waals surface area contributed by atoms with E-state index in [0.29, 0.717) is 18.7 Å². The average molecular weight is 247 g/mol. The van der Waals surface area contributed by atoms with Gasteiger partial charge in [0.15, 0.2) is 0 Å². The number of aromatic nitrogens is 2. The molecule has 18 heavy (non-hydrogen) atoms. The molecule has 1 aromatic carbocycles. The molecule has 1 N–H and O–H groups in total. The van der Waals surface area contributed by atoms with Crippen molar-refractivity contribution in [2.24, 2.45) is 0 Å². The summed E-state index contributed by atoms with van der Waals surface area (Å²) in [6.45, 7) is 4.28. The summed E-state index contributed by atoms with van der Waals surface area (Å²) in [6.07, 6.45) is 2.86. The molecule has 0 bridgehead atoms. The number of hydrogen-bond donors (Lipinski definition) is 1. The number of halogens is 1. The van der Waals surface area contributed by atoms with Gasteiger partial charge in [-0.1, -0.05) is 25.1 Å². The molecule has 0 unspecified atom stereocenters. The third-order valence-electron chi connectivity index (χ3n) is 2.82. The third kappa shape index (κ3) is 3.17. The summed E-state index contributed by atoms with van der Waals surface area (Å²) in [6, 6.07) is 8.82. The van der Waals surface area contributed by atoms with E-state index < -0.39 is 0 Å². The van der Waals surface area contributed by atoms with E-state index in [0.717, 1.165) is 18.7 Å². The van der Waals surface area contributed by atoms with Gasteiger partial charge in [0.2, 0.25) is 0 Å². The Kier molecular flexibility index (Phi) is 4.47. The summed E-state index contributed by atoms with van der Waals surface area (Å²) < 4.78 is 15.4. The lowest BCUT2D eigenvalue weighted by molar-refractivity contribution is 0.541. The molecule has 0 spiro atoms. The summed E-state index contributed by atoms with van der Waals surface area (Å²) in [5.74, 6) is -0.160. The molecule has 2 rings (SSSR count). The number of hydrogen-bond acceptors (Lipinski definition) is 2. The molecule has 1 aromatic heterocycles. The van der Waals surface area contributed by atoms with E-state index in [1.54, 1.807) is 18.3 Å². The summed E-state index contributed by atoms with van der Waals surface area (Å²) in [5.41, 5.74) is 1.83. The lowest BCUT2D eigenvalue weighted by atomic mass is 10.2. The standard InChI is InChI=1S/C14H18FN3/c1-2-9-18-13(7-8-17-18)11-16-10-12-5-3-4-6-14(12)15/h3-8,16H,2,9-11H2,1H3. The van der Waals surface area contributed by atoms with Gasteiger partial charge in [-0.05, 0) is 18.6 Å². The van der Waals surface area contributed by atoms with Crippen LogP contribution < -0.4 is 5.32 Å². The molecule has 0 amide bonds. The molecule has 4 heteroatoms. The van der Waals surface area contributed by atoms with Crippen molar-refractivity contribution in [3.8, 4) is 0 Å². The minimum Gasteiger partial charge on any atom is -0.307 e. The van der Waals surface area contributed by atoms with Gasteiger partial charge >= 0.3 is 0 Å². The van der Waals surface area contributed by atoms with Crippen molar-refractivity contribution in [3.05, 3.63) is 53.6 Å². The normalized spacial score (nSPS) is 10.8. The maximum Gasteiger partial charge on any atom is 0.127 e. The first-order chi connectivity index (χ1) is 8.81. The predicted molar refractivity (Wildman–Crippen MR) is 69.5 cm³/mol. The van der Waals surface area contributed by atoms with Gasteiger partial charge in [0.05, 0.1) is 5.69 Å². The molecule has 0 saturated carbocycles. The first-order valence-electron chi connectivity index (χ1n) is 6.26. The fourth-order valence-corrected chi connectivity index (χ4v) is 1.89. The molecule has 96 valence electrons. The van der Waals surface area contributed by atoms with Crippen molar-refractivity contribution in [3.63, 3.8) is 0 Å². The fourth-order valence-electron chi connectivity index (χ4n) is 1.89. The van der Waals surface area contributed by atoms with Gasteiger partial charge in [-0.2, -0.15) is 5.10 Å². The van der Waals surface area contributed by atoms with Gasteiger partial charge in [0, 0.05) is 31.4 Å². The highest BCUT2D eigenvalue weighted by Gasteiger charge is 2.03. The Hall–Kier alpha value is -1.68. The van der Waals surface area contributed by atoms with Gasteiger partial charge < -0.3 is 5.32 Å². The maximum absolute atomic E-state index is 13.4. The number of nitrogens with zero attached hydrogens (tertiary/aromatic N) is 2. The van der Waals surface area contributed by atoms with Crippen LogP contribution in [0.15, 0.2) is 36.5 Å². The minimum absolute atomic E-state index is 0.160. The zero-order valence-electron chi connectivity index (χ0n) is 10.6. The van der Waals surface area contributed by atoms with E-state index in [4.69, 9.17) is 0 Å². The molecule has 0 aliphatic heterocycles. The van der Waals surface area contributed by atoms with Crippen molar-refractivity contribution in [1.82, 2.24) is 15.1 Å². The van der Waals surface area contributed by atoms with Crippen LogP contribution >= 0.6 is 0 Å².